The second-order valence-electron chi connectivity index (χ2n) is 3.79. The molecule has 1 atom stereocenters. The van der Waals surface area contributed by atoms with E-state index < -0.39 is 0 Å². The van der Waals surface area contributed by atoms with Crippen LogP contribution in [0.1, 0.15) is 6.42 Å². The van der Waals surface area contributed by atoms with Crippen LogP contribution in [0.25, 0.3) is 0 Å². The van der Waals surface area contributed by atoms with Gasteiger partial charge in [-0.05, 0) is 21.8 Å². The van der Waals surface area contributed by atoms with Crippen molar-refractivity contribution in [2.24, 2.45) is 5.92 Å². The Morgan fingerprint density at radius 3 is 2.88 bits per heavy atom. The van der Waals surface area contributed by atoms with Crippen LogP contribution in [0.2, 0.25) is 0 Å². The molecule has 4 nitrogen and oxygen atoms in total. The maximum absolute atomic E-state index is 11.9. The van der Waals surface area contributed by atoms with E-state index in [1.165, 1.54) is 0 Å². The zero-order valence-corrected chi connectivity index (χ0v) is 11.7. The van der Waals surface area contributed by atoms with Gasteiger partial charge in [-0.25, -0.2) is 0 Å². The van der Waals surface area contributed by atoms with Crippen LogP contribution in [-0.2, 0) is 4.79 Å². The molecule has 2 heterocycles. The molecule has 1 aliphatic heterocycles. The number of carbonyl (C=O) groups is 1. The Hall–Kier alpha value is -0.620. The molecule has 2 rings (SSSR count). The summed E-state index contributed by atoms with van der Waals surface area (Å²) in [4.78, 5) is 17.5. The SMILES string of the molecule is Nc1cncc(Br)c1N1CC(CBr)CC1=O. The van der Waals surface area contributed by atoms with Crippen LogP contribution in [0.3, 0.4) is 0 Å². The number of rotatable bonds is 2. The second-order valence-corrected chi connectivity index (χ2v) is 5.29. The molecule has 16 heavy (non-hydrogen) atoms. The van der Waals surface area contributed by atoms with Crippen LogP contribution in [0.15, 0.2) is 16.9 Å². The molecule has 0 aromatic carbocycles. The van der Waals surface area contributed by atoms with Crippen molar-refractivity contribution in [2.45, 2.75) is 6.42 Å². The van der Waals surface area contributed by atoms with E-state index in [0.29, 0.717) is 24.6 Å². The molecule has 1 saturated heterocycles. The third-order valence-corrected chi connectivity index (χ3v) is 4.09. The summed E-state index contributed by atoms with van der Waals surface area (Å²) in [7, 11) is 0. The van der Waals surface area contributed by atoms with E-state index >= 15 is 0 Å². The van der Waals surface area contributed by atoms with E-state index in [9.17, 15) is 4.79 Å². The highest BCUT2D eigenvalue weighted by atomic mass is 79.9. The van der Waals surface area contributed by atoms with E-state index in [-0.39, 0.29) is 5.91 Å². The molecule has 2 N–H and O–H groups in total. The number of pyridine rings is 1. The Labute approximate surface area is 110 Å². The number of nitrogen functional groups attached to an aromatic ring is 1. The highest BCUT2D eigenvalue weighted by Gasteiger charge is 2.31. The van der Waals surface area contributed by atoms with Gasteiger partial charge in [-0.3, -0.25) is 9.78 Å². The standard InChI is InChI=1S/C10H11Br2N3O/c11-2-6-1-9(16)15(5-6)10-7(12)3-14-4-8(10)13/h3-4,6H,1-2,5,13H2. The molecular formula is C10H11Br2N3O. The molecule has 6 heteroatoms. The van der Waals surface area contributed by atoms with Crippen LogP contribution in [-0.4, -0.2) is 22.8 Å². The first-order chi connectivity index (χ1) is 7.63. The van der Waals surface area contributed by atoms with E-state index in [1.807, 2.05) is 0 Å². The van der Waals surface area contributed by atoms with E-state index in [2.05, 4.69) is 36.8 Å². The number of aromatic nitrogens is 1. The minimum absolute atomic E-state index is 0.114. The lowest BCUT2D eigenvalue weighted by molar-refractivity contribution is -0.117. The molecule has 0 saturated carbocycles. The van der Waals surface area contributed by atoms with Gasteiger partial charge in [0.15, 0.2) is 0 Å². The number of hydrogen-bond acceptors (Lipinski definition) is 3. The molecule has 0 aliphatic carbocycles. The van der Waals surface area contributed by atoms with Gasteiger partial charge in [0, 0.05) is 24.5 Å². The van der Waals surface area contributed by atoms with Crippen molar-refractivity contribution in [1.29, 1.82) is 0 Å². The summed E-state index contributed by atoms with van der Waals surface area (Å²) >= 11 is 6.78. The van der Waals surface area contributed by atoms with Gasteiger partial charge in [-0.2, -0.15) is 0 Å². The third kappa shape index (κ3) is 2.08. The van der Waals surface area contributed by atoms with Crippen LogP contribution >= 0.6 is 31.9 Å². The Bertz CT molecular complexity index is 404. The first-order valence-electron chi connectivity index (χ1n) is 4.88. The van der Waals surface area contributed by atoms with Gasteiger partial charge >= 0.3 is 0 Å². The topological polar surface area (TPSA) is 59.2 Å². The fraction of sp³-hybridized carbons (Fsp3) is 0.400. The number of halogens is 2. The van der Waals surface area contributed by atoms with Gasteiger partial charge in [0.1, 0.15) is 0 Å². The van der Waals surface area contributed by atoms with Crippen molar-refractivity contribution < 1.29 is 4.79 Å². The summed E-state index contributed by atoms with van der Waals surface area (Å²) in [5.74, 6) is 0.468. The lowest BCUT2D eigenvalue weighted by Crippen LogP contribution is -2.26. The van der Waals surface area contributed by atoms with Gasteiger partial charge in [0.05, 0.1) is 22.0 Å². The molecular weight excluding hydrogens is 338 g/mol. The summed E-state index contributed by atoms with van der Waals surface area (Å²) in [6.45, 7) is 0.705. The van der Waals surface area contributed by atoms with Gasteiger partial charge in [-0.1, -0.05) is 15.9 Å². The van der Waals surface area contributed by atoms with E-state index in [4.69, 9.17) is 5.73 Å². The molecule has 86 valence electrons. The molecule has 1 aromatic heterocycles. The van der Waals surface area contributed by atoms with Gasteiger partial charge in [0.2, 0.25) is 5.91 Å². The van der Waals surface area contributed by atoms with Gasteiger partial charge in [0.25, 0.3) is 0 Å². The summed E-state index contributed by atoms with van der Waals surface area (Å²) < 4.78 is 0.760. The number of amides is 1. The average molecular weight is 349 g/mol. The van der Waals surface area contributed by atoms with Crippen LogP contribution < -0.4 is 10.6 Å². The smallest absolute Gasteiger partial charge is 0.227 e. The Morgan fingerprint density at radius 1 is 1.56 bits per heavy atom. The van der Waals surface area contributed by atoms with Gasteiger partial charge in [-0.15, -0.1) is 0 Å². The van der Waals surface area contributed by atoms with Crippen molar-refractivity contribution >= 4 is 49.1 Å². The largest absolute Gasteiger partial charge is 0.396 e. The summed E-state index contributed by atoms with van der Waals surface area (Å²) in [6, 6.07) is 0. The first-order valence-corrected chi connectivity index (χ1v) is 6.80. The molecule has 0 spiro atoms. The summed E-state index contributed by atoms with van der Waals surface area (Å²) in [5, 5.41) is 0.831. The lowest BCUT2D eigenvalue weighted by atomic mass is 10.2. The van der Waals surface area contributed by atoms with Crippen molar-refractivity contribution in [2.75, 3.05) is 22.5 Å². The highest BCUT2D eigenvalue weighted by molar-refractivity contribution is 9.10. The van der Waals surface area contributed by atoms with Crippen molar-refractivity contribution in [3.63, 3.8) is 0 Å². The fourth-order valence-corrected chi connectivity index (χ4v) is 2.82. The average Bonchev–Trinajstić information content (AvgIpc) is 2.60. The highest BCUT2D eigenvalue weighted by Crippen LogP contribution is 2.35. The maximum atomic E-state index is 11.9. The number of carbonyl (C=O) groups excluding carboxylic acids is 1. The normalized spacial score (nSPS) is 20.5. The van der Waals surface area contributed by atoms with Crippen molar-refractivity contribution in [1.82, 2.24) is 4.98 Å². The monoisotopic (exact) mass is 347 g/mol. The lowest BCUT2D eigenvalue weighted by Gasteiger charge is -2.19. The Morgan fingerprint density at radius 2 is 2.31 bits per heavy atom. The van der Waals surface area contributed by atoms with Gasteiger partial charge < -0.3 is 10.6 Å². The van der Waals surface area contributed by atoms with Crippen LogP contribution in [0.5, 0.6) is 0 Å². The fourth-order valence-electron chi connectivity index (χ4n) is 1.83. The Balaban J connectivity index is 2.35. The van der Waals surface area contributed by atoms with E-state index in [1.54, 1.807) is 17.3 Å². The number of hydrogen-bond donors (Lipinski definition) is 1. The van der Waals surface area contributed by atoms with Crippen molar-refractivity contribution in [3.8, 4) is 0 Å². The molecule has 0 bridgehead atoms. The maximum Gasteiger partial charge on any atom is 0.227 e. The van der Waals surface area contributed by atoms with Crippen molar-refractivity contribution in [3.05, 3.63) is 16.9 Å². The van der Waals surface area contributed by atoms with Crippen LogP contribution in [0.4, 0.5) is 11.4 Å². The number of nitrogens with zero attached hydrogens (tertiary/aromatic N) is 2. The number of nitrogens with two attached hydrogens (primary N) is 1. The minimum atomic E-state index is 0.114. The quantitative estimate of drug-likeness (QED) is 0.833. The second kappa shape index (κ2) is 4.71. The minimum Gasteiger partial charge on any atom is -0.396 e. The molecule has 1 fully saturated rings. The molecule has 1 aromatic rings. The first kappa shape index (κ1) is 11.9. The summed E-state index contributed by atoms with van der Waals surface area (Å²) in [6.07, 6.45) is 3.79. The third-order valence-electron chi connectivity index (χ3n) is 2.59. The number of anilines is 2. The zero-order valence-electron chi connectivity index (χ0n) is 8.49. The molecule has 1 amide bonds. The van der Waals surface area contributed by atoms with Crippen LogP contribution in [0, 0.1) is 5.92 Å². The zero-order chi connectivity index (χ0) is 11.7. The predicted octanol–water partition coefficient (Wildman–Crippen LogP) is 2.17. The Kier molecular flexibility index (Phi) is 3.49. The predicted molar refractivity (Wildman–Crippen MR) is 70.6 cm³/mol. The summed E-state index contributed by atoms with van der Waals surface area (Å²) in [5.41, 5.74) is 7.12. The number of alkyl halides is 1. The molecule has 0 radical (unpaired) electrons. The molecule has 1 unspecified atom stereocenters. The molecule has 1 aliphatic rings. The van der Waals surface area contributed by atoms with E-state index in [0.717, 1.165) is 15.5 Å².